The van der Waals surface area contributed by atoms with Gasteiger partial charge in [-0.3, -0.25) is 4.79 Å². The van der Waals surface area contributed by atoms with Crippen LogP contribution in [0.25, 0.3) is 0 Å². The molecule has 1 N–H and O–H groups in total. The minimum Gasteiger partial charge on any atom is -0.339 e. The molecule has 1 aliphatic heterocycles. The van der Waals surface area contributed by atoms with Gasteiger partial charge in [-0.25, -0.2) is 4.98 Å². The van der Waals surface area contributed by atoms with Gasteiger partial charge in [0.2, 0.25) is 5.91 Å². The highest BCUT2D eigenvalue weighted by atomic mass is 16.2. The van der Waals surface area contributed by atoms with Crippen molar-refractivity contribution in [3.63, 3.8) is 0 Å². The highest BCUT2D eigenvalue weighted by Crippen LogP contribution is 2.24. The van der Waals surface area contributed by atoms with Crippen molar-refractivity contribution in [3.05, 3.63) is 48.2 Å². The van der Waals surface area contributed by atoms with E-state index in [9.17, 15) is 4.79 Å². The fourth-order valence-electron chi connectivity index (χ4n) is 2.38. The van der Waals surface area contributed by atoms with E-state index in [-0.39, 0.29) is 5.91 Å². The molecule has 0 radical (unpaired) electrons. The molecule has 2 heterocycles. The lowest BCUT2D eigenvalue weighted by molar-refractivity contribution is -0.117. The van der Waals surface area contributed by atoms with Gasteiger partial charge in [0.1, 0.15) is 11.9 Å². The zero-order valence-electron chi connectivity index (χ0n) is 11.4. The zero-order valence-corrected chi connectivity index (χ0v) is 11.4. The molecule has 1 aliphatic rings. The zero-order chi connectivity index (χ0) is 14.7. The van der Waals surface area contributed by atoms with Crippen molar-refractivity contribution in [3.8, 4) is 6.07 Å². The van der Waals surface area contributed by atoms with Crippen molar-refractivity contribution >= 4 is 23.1 Å². The van der Waals surface area contributed by atoms with Gasteiger partial charge in [0.25, 0.3) is 0 Å². The number of rotatable bonds is 3. The van der Waals surface area contributed by atoms with Crippen molar-refractivity contribution < 1.29 is 4.79 Å². The largest absolute Gasteiger partial charge is 0.339 e. The molecule has 1 amide bonds. The molecule has 2 aromatic rings. The van der Waals surface area contributed by atoms with E-state index in [0.717, 1.165) is 24.3 Å². The van der Waals surface area contributed by atoms with Crippen molar-refractivity contribution in [1.82, 2.24) is 4.98 Å². The molecule has 0 unspecified atom stereocenters. The molecule has 0 spiro atoms. The number of hydrogen-bond acceptors (Lipinski definition) is 4. The molecule has 1 saturated heterocycles. The Bertz CT molecular complexity index is 703. The Labute approximate surface area is 122 Å². The van der Waals surface area contributed by atoms with Gasteiger partial charge in [-0.1, -0.05) is 0 Å². The summed E-state index contributed by atoms with van der Waals surface area (Å²) in [6, 6.07) is 13.1. The summed E-state index contributed by atoms with van der Waals surface area (Å²) in [6.07, 6.45) is 3.18. The first-order chi connectivity index (χ1) is 10.3. The first-order valence-electron chi connectivity index (χ1n) is 6.80. The highest BCUT2D eigenvalue weighted by molar-refractivity contribution is 5.95. The number of pyridine rings is 1. The number of nitrogens with one attached hydrogen (secondary N) is 1. The summed E-state index contributed by atoms with van der Waals surface area (Å²) < 4.78 is 0. The standard InChI is InChI=1S/C16H14N4O/c17-11-12-3-1-9-18-16(12)19-13-5-7-14(8-6-13)20-10-2-4-15(20)21/h1,3,5-9H,2,4,10H2,(H,18,19). The Hall–Kier alpha value is -2.87. The third-order valence-corrected chi connectivity index (χ3v) is 3.44. The number of amides is 1. The second kappa shape index (κ2) is 5.63. The fraction of sp³-hybridized carbons (Fsp3) is 0.188. The maximum absolute atomic E-state index is 11.7. The normalized spacial score (nSPS) is 14.0. The van der Waals surface area contributed by atoms with E-state index in [4.69, 9.17) is 5.26 Å². The average Bonchev–Trinajstić information content (AvgIpc) is 2.95. The Morgan fingerprint density at radius 1 is 1.24 bits per heavy atom. The van der Waals surface area contributed by atoms with Gasteiger partial charge in [-0.2, -0.15) is 5.26 Å². The molecule has 5 nitrogen and oxygen atoms in total. The Morgan fingerprint density at radius 3 is 2.71 bits per heavy atom. The maximum Gasteiger partial charge on any atom is 0.227 e. The number of nitriles is 1. The van der Waals surface area contributed by atoms with Crippen molar-refractivity contribution in [1.29, 1.82) is 5.26 Å². The molecule has 1 aromatic carbocycles. The van der Waals surface area contributed by atoms with Gasteiger partial charge < -0.3 is 10.2 Å². The topological polar surface area (TPSA) is 69.0 Å². The summed E-state index contributed by atoms with van der Waals surface area (Å²) in [5, 5.41) is 12.2. The van der Waals surface area contributed by atoms with Crippen LogP contribution >= 0.6 is 0 Å². The number of nitrogens with zero attached hydrogens (tertiary/aromatic N) is 3. The minimum absolute atomic E-state index is 0.173. The number of carbonyl (C=O) groups excluding carboxylic acids is 1. The summed E-state index contributed by atoms with van der Waals surface area (Å²) in [4.78, 5) is 17.7. The van der Waals surface area contributed by atoms with Crippen LogP contribution < -0.4 is 10.2 Å². The summed E-state index contributed by atoms with van der Waals surface area (Å²) >= 11 is 0. The van der Waals surface area contributed by atoms with Crippen molar-refractivity contribution in [2.75, 3.05) is 16.8 Å². The lowest BCUT2D eigenvalue weighted by atomic mass is 10.2. The van der Waals surface area contributed by atoms with Crippen LogP contribution in [-0.2, 0) is 4.79 Å². The van der Waals surface area contributed by atoms with Crippen LogP contribution in [0.1, 0.15) is 18.4 Å². The monoisotopic (exact) mass is 278 g/mol. The Balaban J connectivity index is 1.79. The number of aromatic nitrogens is 1. The van der Waals surface area contributed by atoms with Crippen molar-refractivity contribution in [2.24, 2.45) is 0 Å². The predicted molar refractivity (Wildman–Crippen MR) is 80.3 cm³/mol. The molecule has 0 atom stereocenters. The average molecular weight is 278 g/mol. The van der Waals surface area contributed by atoms with Crippen LogP contribution in [0.5, 0.6) is 0 Å². The third-order valence-electron chi connectivity index (χ3n) is 3.44. The molecule has 0 saturated carbocycles. The van der Waals surface area contributed by atoms with Gasteiger partial charge in [-0.15, -0.1) is 0 Å². The summed E-state index contributed by atoms with van der Waals surface area (Å²) in [5.41, 5.74) is 2.24. The van der Waals surface area contributed by atoms with Gasteiger partial charge in [-0.05, 0) is 42.8 Å². The first kappa shape index (κ1) is 13.1. The second-order valence-electron chi connectivity index (χ2n) is 4.83. The lowest BCUT2D eigenvalue weighted by Crippen LogP contribution is -2.23. The van der Waals surface area contributed by atoms with E-state index in [0.29, 0.717) is 17.8 Å². The highest BCUT2D eigenvalue weighted by Gasteiger charge is 2.21. The molecule has 5 heteroatoms. The van der Waals surface area contributed by atoms with E-state index in [2.05, 4.69) is 16.4 Å². The van der Waals surface area contributed by atoms with Crippen LogP contribution in [0.4, 0.5) is 17.2 Å². The van der Waals surface area contributed by atoms with E-state index < -0.39 is 0 Å². The van der Waals surface area contributed by atoms with Crippen LogP contribution in [0.2, 0.25) is 0 Å². The SMILES string of the molecule is N#Cc1cccnc1Nc1ccc(N2CCCC2=O)cc1. The molecule has 21 heavy (non-hydrogen) atoms. The van der Waals surface area contributed by atoms with E-state index in [1.807, 2.05) is 24.3 Å². The van der Waals surface area contributed by atoms with Gasteiger partial charge >= 0.3 is 0 Å². The summed E-state index contributed by atoms with van der Waals surface area (Å²) in [6.45, 7) is 0.782. The second-order valence-corrected chi connectivity index (χ2v) is 4.83. The summed E-state index contributed by atoms with van der Waals surface area (Å²) in [7, 11) is 0. The van der Waals surface area contributed by atoms with Gasteiger partial charge in [0, 0.05) is 30.5 Å². The molecule has 3 rings (SSSR count). The van der Waals surface area contributed by atoms with Crippen LogP contribution in [0, 0.1) is 11.3 Å². The molecule has 104 valence electrons. The van der Waals surface area contributed by atoms with Gasteiger partial charge in [0.05, 0.1) is 5.56 Å². The number of benzene rings is 1. The van der Waals surface area contributed by atoms with E-state index >= 15 is 0 Å². The first-order valence-corrected chi connectivity index (χ1v) is 6.80. The van der Waals surface area contributed by atoms with Crippen LogP contribution in [-0.4, -0.2) is 17.4 Å². The molecule has 1 aromatic heterocycles. The fourth-order valence-corrected chi connectivity index (χ4v) is 2.38. The lowest BCUT2D eigenvalue weighted by Gasteiger charge is -2.16. The van der Waals surface area contributed by atoms with Gasteiger partial charge in [0.15, 0.2) is 0 Å². The molecule has 0 aliphatic carbocycles. The van der Waals surface area contributed by atoms with Crippen molar-refractivity contribution in [2.45, 2.75) is 12.8 Å². The molecular weight excluding hydrogens is 264 g/mol. The van der Waals surface area contributed by atoms with E-state index in [1.54, 1.807) is 23.2 Å². The smallest absolute Gasteiger partial charge is 0.227 e. The quantitative estimate of drug-likeness (QED) is 0.937. The third kappa shape index (κ3) is 2.70. The van der Waals surface area contributed by atoms with Crippen LogP contribution in [0.15, 0.2) is 42.6 Å². The molecule has 1 fully saturated rings. The molecular formula is C16H14N4O. The number of hydrogen-bond donors (Lipinski definition) is 1. The molecule has 0 bridgehead atoms. The van der Waals surface area contributed by atoms with Crippen LogP contribution in [0.3, 0.4) is 0 Å². The summed E-state index contributed by atoms with van der Waals surface area (Å²) in [5.74, 6) is 0.706. The predicted octanol–water partition coefficient (Wildman–Crippen LogP) is 2.82. The maximum atomic E-state index is 11.7. The Kier molecular flexibility index (Phi) is 3.52. The Morgan fingerprint density at radius 2 is 2.05 bits per heavy atom. The minimum atomic E-state index is 0.173. The van der Waals surface area contributed by atoms with E-state index in [1.165, 1.54) is 0 Å². The number of anilines is 3. The number of carbonyl (C=O) groups is 1.